The van der Waals surface area contributed by atoms with Crippen LogP contribution in [0.1, 0.15) is 44.7 Å². The van der Waals surface area contributed by atoms with Crippen molar-refractivity contribution in [2.75, 3.05) is 25.4 Å². The summed E-state index contributed by atoms with van der Waals surface area (Å²) < 4.78 is 0. The van der Waals surface area contributed by atoms with Crippen LogP contribution in [-0.2, 0) is 13.1 Å². The second kappa shape index (κ2) is 7.09. The van der Waals surface area contributed by atoms with Gasteiger partial charge in [-0.3, -0.25) is 4.90 Å². The van der Waals surface area contributed by atoms with Gasteiger partial charge in [0.2, 0.25) is 0 Å². The van der Waals surface area contributed by atoms with Crippen molar-refractivity contribution in [3.63, 3.8) is 0 Å². The summed E-state index contributed by atoms with van der Waals surface area (Å²) in [4.78, 5) is 5.08. The molecule has 112 valence electrons. The van der Waals surface area contributed by atoms with E-state index in [9.17, 15) is 0 Å². The maximum absolute atomic E-state index is 5.87. The Hall–Kier alpha value is -1.06. The molecule has 0 spiro atoms. The summed E-state index contributed by atoms with van der Waals surface area (Å²) in [5.41, 5.74) is 9.63. The van der Waals surface area contributed by atoms with Crippen molar-refractivity contribution in [1.82, 2.24) is 9.80 Å². The number of fused-ring (bicyclic) bond motifs is 1. The molecule has 1 aliphatic rings. The van der Waals surface area contributed by atoms with Gasteiger partial charge in [-0.15, -0.1) is 0 Å². The predicted molar refractivity (Wildman–Crippen MR) is 86.6 cm³/mol. The van der Waals surface area contributed by atoms with E-state index < -0.39 is 0 Å². The average molecular weight is 275 g/mol. The molecule has 0 amide bonds. The Morgan fingerprint density at radius 3 is 2.60 bits per heavy atom. The van der Waals surface area contributed by atoms with E-state index in [1.54, 1.807) is 0 Å². The van der Waals surface area contributed by atoms with Gasteiger partial charge in [-0.05, 0) is 62.7 Å². The van der Waals surface area contributed by atoms with Crippen LogP contribution in [0.5, 0.6) is 0 Å². The molecular weight excluding hydrogens is 246 g/mol. The van der Waals surface area contributed by atoms with Crippen molar-refractivity contribution in [2.45, 2.75) is 52.7 Å². The Labute approximate surface area is 123 Å². The molecule has 1 aromatic carbocycles. The second-order valence-electron chi connectivity index (χ2n) is 5.95. The Bertz CT molecular complexity index is 426. The van der Waals surface area contributed by atoms with E-state index in [1.807, 2.05) is 6.07 Å². The first-order chi connectivity index (χ1) is 9.63. The molecule has 0 bridgehead atoms. The molecule has 1 unspecified atom stereocenters. The zero-order valence-electron chi connectivity index (χ0n) is 13.2. The summed E-state index contributed by atoms with van der Waals surface area (Å²) >= 11 is 0. The molecule has 2 rings (SSSR count). The zero-order valence-corrected chi connectivity index (χ0v) is 13.2. The van der Waals surface area contributed by atoms with Crippen LogP contribution in [0.15, 0.2) is 18.2 Å². The lowest BCUT2D eigenvalue weighted by molar-refractivity contribution is 0.191. The van der Waals surface area contributed by atoms with Gasteiger partial charge >= 0.3 is 0 Å². The zero-order chi connectivity index (χ0) is 14.5. The SMILES string of the molecule is CCN(CC)CCCC(C)N1Cc2ccc(N)cc2C1. The Morgan fingerprint density at radius 2 is 1.90 bits per heavy atom. The van der Waals surface area contributed by atoms with Crippen molar-refractivity contribution in [3.05, 3.63) is 29.3 Å². The molecule has 2 N–H and O–H groups in total. The smallest absolute Gasteiger partial charge is 0.0317 e. The summed E-state index contributed by atoms with van der Waals surface area (Å²) in [6.45, 7) is 12.6. The predicted octanol–water partition coefficient (Wildman–Crippen LogP) is 3.09. The minimum atomic E-state index is 0.652. The highest BCUT2D eigenvalue weighted by atomic mass is 15.2. The molecule has 3 nitrogen and oxygen atoms in total. The van der Waals surface area contributed by atoms with Crippen LogP contribution >= 0.6 is 0 Å². The van der Waals surface area contributed by atoms with Crippen LogP contribution in [0.2, 0.25) is 0 Å². The van der Waals surface area contributed by atoms with Gasteiger partial charge in [-0.25, -0.2) is 0 Å². The standard InChI is InChI=1S/C17H29N3/c1-4-19(5-2)10-6-7-14(3)20-12-15-8-9-17(18)11-16(15)13-20/h8-9,11,14H,4-7,10,12-13,18H2,1-3H3. The highest BCUT2D eigenvalue weighted by molar-refractivity contribution is 5.46. The molecule has 1 heterocycles. The molecule has 0 saturated heterocycles. The highest BCUT2D eigenvalue weighted by Crippen LogP contribution is 2.27. The van der Waals surface area contributed by atoms with Crippen LogP contribution in [0, 0.1) is 0 Å². The van der Waals surface area contributed by atoms with E-state index in [1.165, 1.54) is 43.6 Å². The van der Waals surface area contributed by atoms with Crippen LogP contribution in [0.25, 0.3) is 0 Å². The summed E-state index contributed by atoms with van der Waals surface area (Å²) in [5.74, 6) is 0. The fourth-order valence-corrected chi connectivity index (χ4v) is 3.09. The summed E-state index contributed by atoms with van der Waals surface area (Å²) in [7, 11) is 0. The average Bonchev–Trinajstić information content (AvgIpc) is 2.86. The molecule has 0 saturated carbocycles. The van der Waals surface area contributed by atoms with Gasteiger partial charge in [0, 0.05) is 24.8 Å². The van der Waals surface area contributed by atoms with Gasteiger partial charge < -0.3 is 10.6 Å². The quantitative estimate of drug-likeness (QED) is 0.776. The largest absolute Gasteiger partial charge is 0.399 e. The number of nitrogens with zero attached hydrogens (tertiary/aromatic N) is 2. The maximum atomic E-state index is 5.87. The van der Waals surface area contributed by atoms with Crippen LogP contribution in [0.4, 0.5) is 5.69 Å². The van der Waals surface area contributed by atoms with Gasteiger partial charge in [-0.2, -0.15) is 0 Å². The number of nitrogens with two attached hydrogens (primary N) is 1. The lowest BCUT2D eigenvalue weighted by Crippen LogP contribution is -2.30. The third-order valence-electron chi connectivity index (χ3n) is 4.59. The summed E-state index contributed by atoms with van der Waals surface area (Å²) in [6.07, 6.45) is 2.57. The van der Waals surface area contributed by atoms with Crippen molar-refractivity contribution in [2.24, 2.45) is 0 Å². The summed E-state index contributed by atoms with van der Waals surface area (Å²) in [5, 5.41) is 0. The Kier molecular flexibility index (Phi) is 5.44. The first-order valence-electron chi connectivity index (χ1n) is 7.97. The van der Waals surface area contributed by atoms with Gasteiger partial charge in [-0.1, -0.05) is 19.9 Å². The van der Waals surface area contributed by atoms with Gasteiger partial charge in [0.25, 0.3) is 0 Å². The lowest BCUT2D eigenvalue weighted by Gasteiger charge is -2.25. The molecule has 3 heteroatoms. The third kappa shape index (κ3) is 3.74. The normalized spacial score (nSPS) is 16.6. The van der Waals surface area contributed by atoms with E-state index in [0.717, 1.165) is 18.8 Å². The van der Waals surface area contributed by atoms with E-state index in [4.69, 9.17) is 5.73 Å². The fourth-order valence-electron chi connectivity index (χ4n) is 3.09. The fraction of sp³-hybridized carbons (Fsp3) is 0.647. The van der Waals surface area contributed by atoms with E-state index in [2.05, 4.69) is 42.7 Å². The molecule has 0 radical (unpaired) electrons. The molecule has 20 heavy (non-hydrogen) atoms. The van der Waals surface area contributed by atoms with Crippen LogP contribution < -0.4 is 5.73 Å². The lowest BCUT2D eigenvalue weighted by atomic mass is 10.1. The molecule has 0 aliphatic carbocycles. The van der Waals surface area contributed by atoms with Crippen molar-refractivity contribution >= 4 is 5.69 Å². The van der Waals surface area contributed by atoms with Crippen molar-refractivity contribution < 1.29 is 0 Å². The van der Waals surface area contributed by atoms with E-state index in [0.29, 0.717) is 6.04 Å². The number of nitrogen functional groups attached to an aromatic ring is 1. The maximum Gasteiger partial charge on any atom is 0.0317 e. The third-order valence-corrected chi connectivity index (χ3v) is 4.59. The van der Waals surface area contributed by atoms with Gasteiger partial charge in [0.15, 0.2) is 0 Å². The Morgan fingerprint density at radius 1 is 1.20 bits per heavy atom. The minimum absolute atomic E-state index is 0.652. The van der Waals surface area contributed by atoms with Gasteiger partial charge in [0.1, 0.15) is 0 Å². The highest BCUT2D eigenvalue weighted by Gasteiger charge is 2.22. The minimum Gasteiger partial charge on any atom is -0.399 e. The first kappa shape index (κ1) is 15.3. The molecule has 0 fully saturated rings. The molecule has 0 aromatic heterocycles. The number of hydrogen-bond donors (Lipinski definition) is 1. The van der Waals surface area contributed by atoms with Crippen LogP contribution in [0.3, 0.4) is 0 Å². The number of rotatable bonds is 7. The summed E-state index contributed by atoms with van der Waals surface area (Å²) in [6, 6.07) is 7.00. The number of hydrogen-bond acceptors (Lipinski definition) is 3. The molecule has 1 atom stereocenters. The number of benzene rings is 1. The van der Waals surface area contributed by atoms with E-state index in [-0.39, 0.29) is 0 Å². The van der Waals surface area contributed by atoms with E-state index >= 15 is 0 Å². The topological polar surface area (TPSA) is 32.5 Å². The van der Waals surface area contributed by atoms with Crippen molar-refractivity contribution in [1.29, 1.82) is 0 Å². The van der Waals surface area contributed by atoms with Crippen molar-refractivity contribution in [3.8, 4) is 0 Å². The van der Waals surface area contributed by atoms with Gasteiger partial charge in [0.05, 0.1) is 0 Å². The molecular formula is C17H29N3. The first-order valence-corrected chi connectivity index (χ1v) is 7.97. The molecule has 1 aromatic rings. The second-order valence-corrected chi connectivity index (χ2v) is 5.95. The molecule has 1 aliphatic heterocycles. The van der Waals surface area contributed by atoms with Crippen LogP contribution in [-0.4, -0.2) is 35.5 Å². The Balaban J connectivity index is 1.79. The number of anilines is 1. The monoisotopic (exact) mass is 275 g/mol.